The Kier molecular flexibility index (Phi) is 7.10. The Balaban J connectivity index is 1.25. The second kappa shape index (κ2) is 10.6. The molecule has 10 heteroatoms. The van der Waals surface area contributed by atoms with Gasteiger partial charge in [0.2, 0.25) is 0 Å². The maximum absolute atomic E-state index is 14.0. The average Bonchev–Trinajstić information content (AvgIpc) is 3.50. The summed E-state index contributed by atoms with van der Waals surface area (Å²) in [6.07, 6.45) is -5.00. The number of aromatic nitrogens is 2. The monoisotopic (exact) mass is 535 g/mol. The summed E-state index contributed by atoms with van der Waals surface area (Å²) >= 11 is 0. The van der Waals surface area contributed by atoms with Crippen LogP contribution in [-0.2, 0) is 15.7 Å². The lowest BCUT2D eigenvalue weighted by Crippen LogP contribution is -2.29. The summed E-state index contributed by atoms with van der Waals surface area (Å²) in [6.45, 7) is -0.147. The number of carboxylic acids is 1. The van der Waals surface area contributed by atoms with Crippen LogP contribution in [0.25, 0.3) is 16.8 Å². The summed E-state index contributed by atoms with van der Waals surface area (Å²) in [5.41, 5.74) is 2.72. The Morgan fingerprint density at radius 1 is 0.949 bits per heavy atom. The van der Waals surface area contributed by atoms with Crippen LogP contribution in [0.15, 0.2) is 85.1 Å². The molecule has 200 valence electrons. The highest BCUT2D eigenvalue weighted by atomic mass is 19.4. The second-order valence-electron chi connectivity index (χ2n) is 9.13. The van der Waals surface area contributed by atoms with Crippen LogP contribution >= 0.6 is 0 Å². The number of rotatable bonds is 8. The molecule has 4 aromatic rings. The smallest absolute Gasteiger partial charge is 0.433 e. The van der Waals surface area contributed by atoms with Gasteiger partial charge in [-0.05, 0) is 40.8 Å². The van der Waals surface area contributed by atoms with E-state index >= 15 is 0 Å². The highest BCUT2D eigenvalue weighted by Gasteiger charge is 2.42. The Morgan fingerprint density at radius 3 is 2.13 bits per heavy atom. The molecule has 1 amide bonds. The van der Waals surface area contributed by atoms with E-state index in [1.165, 1.54) is 12.1 Å². The molecule has 2 N–H and O–H groups in total. The van der Waals surface area contributed by atoms with Gasteiger partial charge in [-0.15, -0.1) is 0 Å². The molecule has 1 aliphatic carbocycles. The number of para-hydroxylation sites is 1. The first-order chi connectivity index (χ1) is 18.8. The molecule has 0 spiro atoms. The van der Waals surface area contributed by atoms with Crippen LogP contribution < -0.4 is 5.32 Å². The van der Waals surface area contributed by atoms with Gasteiger partial charge in [0, 0.05) is 18.0 Å². The van der Waals surface area contributed by atoms with E-state index in [1.807, 2.05) is 48.5 Å². The van der Waals surface area contributed by atoms with Crippen LogP contribution in [0.3, 0.4) is 0 Å². The highest BCUT2D eigenvalue weighted by Crippen LogP contribution is 2.44. The predicted octanol–water partition coefficient (Wildman–Crippen LogP) is 5.99. The van der Waals surface area contributed by atoms with Crippen molar-refractivity contribution < 1.29 is 32.6 Å². The number of ether oxygens (including phenoxy) is 1. The number of hydrogen-bond acceptors (Lipinski definition) is 4. The van der Waals surface area contributed by atoms with E-state index in [4.69, 9.17) is 4.74 Å². The fraction of sp³-hybridized carbons (Fsp3) is 0.207. The third-order valence-electron chi connectivity index (χ3n) is 6.79. The fourth-order valence-corrected chi connectivity index (χ4v) is 5.04. The number of carbonyl (C=O) groups is 2. The van der Waals surface area contributed by atoms with E-state index in [2.05, 4.69) is 10.4 Å². The molecule has 1 heterocycles. The lowest BCUT2D eigenvalue weighted by molar-refractivity contribution is -0.145. The van der Waals surface area contributed by atoms with E-state index < -0.39 is 35.4 Å². The largest absolute Gasteiger partial charge is 0.481 e. The SMILES string of the molecule is O=C(NCCC(C(=O)O)c1cnn(-c2ccccc2)c1C(F)(F)F)OCC1c2ccccc2-c2ccccc21. The Labute approximate surface area is 221 Å². The van der Waals surface area contributed by atoms with E-state index in [9.17, 15) is 27.9 Å². The number of alkyl halides is 3. The number of amides is 1. The maximum Gasteiger partial charge on any atom is 0.433 e. The van der Waals surface area contributed by atoms with Gasteiger partial charge in [-0.3, -0.25) is 4.79 Å². The Hall–Kier alpha value is -4.60. The van der Waals surface area contributed by atoms with Gasteiger partial charge in [0.05, 0.1) is 17.8 Å². The molecule has 1 aromatic heterocycles. The van der Waals surface area contributed by atoms with E-state index in [0.717, 1.165) is 28.5 Å². The summed E-state index contributed by atoms with van der Waals surface area (Å²) in [5, 5.41) is 16.1. The quantitative estimate of drug-likeness (QED) is 0.289. The molecule has 0 saturated heterocycles. The number of carboxylic acid groups (broad SMARTS) is 1. The van der Waals surface area contributed by atoms with Gasteiger partial charge in [-0.1, -0.05) is 66.7 Å². The van der Waals surface area contributed by atoms with Crippen LogP contribution in [-0.4, -0.2) is 40.1 Å². The molecule has 5 rings (SSSR count). The van der Waals surface area contributed by atoms with Gasteiger partial charge in [0.15, 0.2) is 5.69 Å². The maximum atomic E-state index is 14.0. The van der Waals surface area contributed by atoms with Crippen LogP contribution in [0.1, 0.15) is 40.6 Å². The number of hydrogen-bond donors (Lipinski definition) is 2. The Bertz CT molecular complexity index is 1460. The van der Waals surface area contributed by atoms with Crippen molar-refractivity contribution in [3.63, 3.8) is 0 Å². The Morgan fingerprint density at radius 2 is 1.54 bits per heavy atom. The van der Waals surface area contributed by atoms with Crippen molar-refractivity contribution in [2.24, 2.45) is 0 Å². The topological polar surface area (TPSA) is 93.5 Å². The molecule has 0 radical (unpaired) electrons. The fourth-order valence-electron chi connectivity index (χ4n) is 5.04. The molecule has 1 aliphatic rings. The van der Waals surface area contributed by atoms with Crippen LogP contribution in [0, 0.1) is 0 Å². The number of aliphatic carboxylic acids is 1. The van der Waals surface area contributed by atoms with Gasteiger partial charge in [-0.25, -0.2) is 9.48 Å². The molecule has 3 aromatic carbocycles. The second-order valence-corrected chi connectivity index (χ2v) is 9.13. The lowest BCUT2D eigenvalue weighted by Gasteiger charge is -2.17. The van der Waals surface area contributed by atoms with E-state index in [0.29, 0.717) is 4.68 Å². The number of nitrogens with zero attached hydrogens (tertiary/aromatic N) is 2. The molecule has 1 unspecified atom stereocenters. The normalized spacial score (nSPS) is 13.4. The highest BCUT2D eigenvalue weighted by molar-refractivity contribution is 5.79. The molecule has 0 saturated carbocycles. The summed E-state index contributed by atoms with van der Waals surface area (Å²) in [7, 11) is 0. The summed E-state index contributed by atoms with van der Waals surface area (Å²) < 4.78 is 48.2. The number of alkyl carbamates (subject to hydrolysis) is 1. The van der Waals surface area contributed by atoms with Crippen molar-refractivity contribution in [3.05, 3.63) is 107 Å². The molecular weight excluding hydrogens is 511 g/mol. The summed E-state index contributed by atoms with van der Waals surface area (Å²) in [5.74, 6) is -3.16. The van der Waals surface area contributed by atoms with Gasteiger partial charge in [0.1, 0.15) is 6.61 Å². The van der Waals surface area contributed by atoms with Gasteiger partial charge in [-0.2, -0.15) is 18.3 Å². The molecule has 39 heavy (non-hydrogen) atoms. The minimum Gasteiger partial charge on any atom is -0.481 e. The number of benzene rings is 3. The first-order valence-electron chi connectivity index (χ1n) is 12.3. The minimum absolute atomic E-state index is 0.0598. The standard InChI is InChI=1S/C29H24F3N3O4/c30-29(31,32)26-24(16-34-35(26)18-8-2-1-3-9-18)23(27(36)37)14-15-33-28(38)39-17-25-21-12-6-4-10-19(21)20-11-5-7-13-22(20)25/h1-13,16,23,25H,14-15,17H2,(H,33,38)(H,36,37). The van der Waals surface area contributed by atoms with Crippen molar-refractivity contribution in [1.82, 2.24) is 15.1 Å². The van der Waals surface area contributed by atoms with E-state index in [-0.39, 0.29) is 31.2 Å². The third-order valence-corrected chi connectivity index (χ3v) is 6.79. The zero-order valence-electron chi connectivity index (χ0n) is 20.6. The molecule has 1 atom stereocenters. The minimum atomic E-state index is -4.85. The number of halogens is 3. The van der Waals surface area contributed by atoms with Gasteiger partial charge >= 0.3 is 18.2 Å². The molecule has 0 aliphatic heterocycles. The lowest BCUT2D eigenvalue weighted by atomic mass is 9.95. The first kappa shape index (κ1) is 26.0. The van der Waals surface area contributed by atoms with E-state index in [1.54, 1.807) is 18.2 Å². The van der Waals surface area contributed by atoms with Crippen molar-refractivity contribution in [1.29, 1.82) is 0 Å². The molecule has 0 bridgehead atoms. The molecule has 0 fully saturated rings. The van der Waals surface area contributed by atoms with Crippen LogP contribution in [0.4, 0.5) is 18.0 Å². The van der Waals surface area contributed by atoms with Gasteiger partial charge in [0.25, 0.3) is 0 Å². The molecule has 7 nitrogen and oxygen atoms in total. The molecular formula is C29H24F3N3O4. The van der Waals surface area contributed by atoms with Crippen molar-refractivity contribution in [3.8, 4) is 16.8 Å². The zero-order valence-corrected chi connectivity index (χ0v) is 20.6. The third kappa shape index (κ3) is 5.22. The van der Waals surface area contributed by atoms with Crippen LogP contribution in [0.2, 0.25) is 0 Å². The van der Waals surface area contributed by atoms with Gasteiger partial charge < -0.3 is 15.2 Å². The summed E-state index contributed by atoms with van der Waals surface area (Å²) in [4.78, 5) is 24.4. The predicted molar refractivity (Wildman–Crippen MR) is 137 cm³/mol. The summed E-state index contributed by atoms with van der Waals surface area (Å²) in [6, 6.07) is 23.4. The van der Waals surface area contributed by atoms with Crippen molar-refractivity contribution in [2.45, 2.75) is 24.4 Å². The number of carbonyl (C=O) groups excluding carboxylic acids is 1. The zero-order chi connectivity index (χ0) is 27.6. The van der Waals surface area contributed by atoms with Crippen molar-refractivity contribution >= 4 is 12.1 Å². The van der Waals surface area contributed by atoms with Crippen molar-refractivity contribution in [2.75, 3.05) is 13.2 Å². The number of fused-ring (bicyclic) bond motifs is 3. The average molecular weight is 536 g/mol. The number of nitrogens with one attached hydrogen (secondary N) is 1. The first-order valence-corrected chi connectivity index (χ1v) is 12.3. The van der Waals surface area contributed by atoms with Crippen LogP contribution in [0.5, 0.6) is 0 Å².